The molecule has 9 heteroatoms. The van der Waals surface area contributed by atoms with Crippen LogP contribution in [0.25, 0.3) is 10.9 Å². The van der Waals surface area contributed by atoms with Crippen LogP contribution in [0, 0.1) is 0 Å². The number of nitrogens with zero attached hydrogens (tertiary/aromatic N) is 2. The van der Waals surface area contributed by atoms with E-state index in [1.807, 2.05) is 6.07 Å². The number of hydrogen-bond acceptors (Lipinski definition) is 4. The molecule has 1 amide bonds. The van der Waals surface area contributed by atoms with Gasteiger partial charge in [0.2, 0.25) is 0 Å². The molecule has 0 spiro atoms. The van der Waals surface area contributed by atoms with Gasteiger partial charge in [-0.3, -0.25) is 14.7 Å². The summed E-state index contributed by atoms with van der Waals surface area (Å²) in [5.41, 5.74) is 0.702. The Bertz CT molecular complexity index is 1280. The van der Waals surface area contributed by atoms with E-state index in [0.29, 0.717) is 38.1 Å². The number of aromatic amines is 1. The molecular formula is C21H16Cl2N4O3. The van der Waals surface area contributed by atoms with Crippen molar-refractivity contribution in [2.75, 3.05) is 11.9 Å². The number of aromatic nitrogens is 3. The van der Waals surface area contributed by atoms with Gasteiger partial charge in [-0.25, -0.2) is 0 Å². The summed E-state index contributed by atoms with van der Waals surface area (Å²) in [4.78, 5) is 24.8. The molecule has 7 nitrogen and oxygen atoms in total. The van der Waals surface area contributed by atoms with Crippen molar-refractivity contribution in [2.45, 2.75) is 6.54 Å². The molecule has 0 radical (unpaired) electrons. The van der Waals surface area contributed by atoms with Crippen molar-refractivity contribution >= 4 is 45.8 Å². The minimum Gasteiger partial charge on any atom is -0.490 e. The number of carbonyl (C=O) groups excluding carboxylic acids is 1. The largest absolute Gasteiger partial charge is 0.490 e. The molecule has 0 atom stereocenters. The van der Waals surface area contributed by atoms with Gasteiger partial charge in [0.15, 0.2) is 5.82 Å². The normalized spacial score (nSPS) is 10.9. The molecule has 2 heterocycles. The molecule has 0 fully saturated rings. The van der Waals surface area contributed by atoms with E-state index in [4.69, 9.17) is 27.9 Å². The predicted molar refractivity (Wildman–Crippen MR) is 117 cm³/mol. The number of benzene rings is 2. The average Bonchev–Trinajstić information content (AvgIpc) is 3.15. The molecule has 152 valence electrons. The summed E-state index contributed by atoms with van der Waals surface area (Å²) in [5.74, 6) is 0.492. The minimum atomic E-state index is -0.399. The van der Waals surface area contributed by atoms with E-state index in [1.54, 1.807) is 36.4 Å². The van der Waals surface area contributed by atoms with Crippen molar-refractivity contribution in [3.8, 4) is 5.75 Å². The van der Waals surface area contributed by atoms with Crippen LogP contribution in [0.5, 0.6) is 5.75 Å². The van der Waals surface area contributed by atoms with Gasteiger partial charge >= 0.3 is 0 Å². The molecular weight excluding hydrogens is 427 g/mol. The molecule has 0 saturated heterocycles. The van der Waals surface area contributed by atoms with Crippen molar-refractivity contribution in [2.24, 2.45) is 0 Å². The summed E-state index contributed by atoms with van der Waals surface area (Å²) in [5, 5.41) is 11.3. The lowest BCUT2D eigenvalue weighted by Gasteiger charge is -2.10. The summed E-state index contributed by atoms with van der Waals surface area (Å²) >= 11 is 12.2. The van der Waals surface area contributed by atoms with E-state index in [1.165, 1.54) is 22.9 Å². The average molecular weight is 443 g/mol. The lowest BCUT2D eigenvalue weighted by atomic mass is 10.2. The van der Waals surface area contributed by atoms with Gasteiger partial charge in [-0.05, 0) is 30.3 Å². The van der Waals surface area contributed by atoms with Crippen LogP contribution in [0.4, 0.5) is 5.82 Å². The topological polar surface area (TPSA) is 89.0 Å². The highest BCUT2D eigenvalue weighted by Crippen LogP contribution is 2.26. The minimum absolute atomic E-state index is 0.219. The van der Waals surface area contributed by atoms with Crippen molar-refractivity contribution in [3.63, 3.8) is 0 Å². The maximum absolute atomic E-state index is 12.7. The Labute approximate surface area is 181 Å². The molecule has 0 aliphatic heterocycles. The van der Waals surface area contributed by atoms with Crippen molar-refractivity contribution in [3.05, 3.63) is 86.8 Å². The fraction of sp³-hybridized carbons (Fsp3) is 0.0952. The Morgan fingerprint density at radius 1 is 1.07 bits per heavy atom. The smallest absolute Gasteiger partial charge is 0.258 e. The lowest BCUT2D eigenvalue weighted by Crippen LogP contribution is -2.24. The van der Waals surface area contributed by atoms with Crippen molar-refractivity contribution in [1.29, 1.82) is 0 Å². The highest BCUT2D eigenvalue weighted by atomic mass is 35.5. The number of carbonyl (C=O) groups is 1. The van der Waals surface area contributed by atoms with E-state index < -0.39 is 5.91 Å². The second-order valence-electron chi connectivity index (χ2n) is 6.42. The van der Waals surface area contributed by atoms with Gasteiger partial charge in [-0.15, -0.1) is 0 Å². The Balaban J connectivity index is 1.48. The van der Waals surface area contributed by atoms with Crippen LogP contribution < -0.4 is 15.6 Å². The van der Waals surface area contributed by atoms with Crippen LogP contribution in [0.2, 0.25) is 10.0 Å². The van der Waals surface area contributed by atoms with Crippen LogP contribution in [-0.2, 0) is 6.54 Å². The summed E-state index contributed by atoms with van der Waals surface area (Å²) in [6.45, 7) is 0.476. The number of ether oxygens (including phenoxy) is 1. The number of para-hydroxylation sites is 2. The fourth-order valence-corrected chi connectivity index (χ4v) is 3.35. The third-order valence-electron chi connectivity index (χ3n) is 4.45. The summed E-state index contributed by atoms with van der Waals surface area (Å²) < 4.78 is 7.03. The Kier molecular flexibility index (Phi) is 5.74. The first-order chi connectivity index (χ1) is 14.5. The van der Waals surface area contributed by atoms with E-state index in [2.05, 4.69) is 15.5 Å². The third-order valence-corrected chi connectivity index (χ3v) is 5.08. The number of pyridine rings is 1. The number of fused-ring (bicyclic) bond motifs is 1. The molecule has 2 aromatic carbocycles. The standard InChI is InChI=1S/C21H16Cl2N4O3/c22-15-5-1-2-7-17(15)30-11-10-27-12-13(8-9-18(27)28)21(29)24-20-14-4-3-6-16(23)19(14)25-26-20/h1-9,12H,10-11H2,(H2,24,25,26,29). The quantitative estimate of drug-likeness (QED) is 0.464. The monoisotopic (exact) mass is 442 g/mol. The zero-order chi connectivity index (χ0) is 21.1. The number of anilines is 1. The highest BCUT2D eigenvalue weighted by Gasteiger charge is 2.13. The van der Waals surface area contributed by atoms with Gasteiger partial charge in [0, 0.05) is 17.6 Å². The molecule has 0 aliphatic carbocycles. The molecule has 0 aliphatic rings. The first kappa shape index (κ1) is 20.0. The van der Waals surface area contributed by atoms with Crippen molar-refractivity contribution in [1.82, 2.24) is 14.8 Å². The van der Waals surface area contributed by atoms with E-state index in [-0.39, 0.29) is 18.7 Å². The van der Waals surface area contributed by atoms with E-state index in [9.17, 15) is 9.59 Å². The Hall–Kier alpha value is -3.29. The van der Waals surface area contributed by atoms with Gasteiger partial charge in [0.1, 0.15) is 12.4 Å². The lowest BCUT2D eigenvalue weighted by molar-refractivity contribution is 0.102. The van der Waals surface area contributed by atoms with Crippen LogP contribution in [0.15, 0.2) is 65.6 Å². The second-order valence-corrected chi connectivity index (χ2v) is 7.23. The van der Waals surface area contributed by atoms with Crippen molar-refractivity contribution < 1.29 is 9.53 Å². The van der Waals surface area contributed by atoms with E-state index >= 15 is 0 Å². The zero-order valence-electron chi connectivity index (χ0n) is 15.6. The first-order valence-corrected chi connectivity index (χ1v) is 9.80. The molecule has 0 saturated carbocycles. The number of nitrogens with one attached hydrogen (secondary N) is 2. The molecule has 2 aromatic heterocycles. The van der Waals surface area contributed by atoms with E-state index in [0.717, 1.165) is 0 Å². The van der Waals surface area contributed by atoms with Gasteiger partial charge < -0.3 is 14.6 Å². The number of hydrogen-bond donors (Lipinski definition) is 2. The number of halogens is 2. The SMILES string of the molecule is O=C(Nc1n[nH]c2c(Cl)cccc12)c1ccc(=O)n(CCOc2ccccc2Cl)c1. The van der Waals surface area contributed by atoms with Crippen LogP contribution in [0.3, 0.4) is 0 Å². The third kappa shape index (κ3) is 4.17. The Morgan fingerprint density at radius 2 is 1.87 bits per heavy atom. The number of rotatable bonds is 6. The molecule has 4 rings (SSSR count). The fourth-order valence-electron chi connectivity index (χ4n) is 2.94. The molecule has 4 aromatic rings. The maximum atomic E-state index is 12.7. The number of amides is 1. The summed E-state index contributed by atoms with van der Waals surface area (Å²) in [7, 11) is 0. The highest BCUT2D eigenvalue weighted by molar-refractivity contribution is 6.35. The molecule has 0 unspecified atom stereocenters. The second kappa shape index (κ2) is 8.61. The van der Waals surface area contributed by atoms with Crippen LogP contribution in [-0.4, -0.2) is 27.3 Å². The van der Waals surface area contributed by atoms with Crippen LogP contribution in [0.1, 0.15) is 10.4 Å². The van der Waals surface area contributed by atoms with Gasteiger partial charge in [0.05, 0.1) is 27.7 Å². The predicted octanol–water partition coefficient (Wildman–Crippen LogP) is 4.36. The van der Waals surface area contributed by atoms with Gasteiger partial charge in [0.25, 0.3) is 11.5 Å². The maximum Gasteiger partial charge on any atom is 0.258 e. The molecule has 2 N–H and O–H groups in total. The number of H-pyrrole nitrogens is 1. The summed E-state index contributed by atoms with van der Waals surface area (Å²) in [6, 6.07) is 15.2. The zero-order valence-corrected chi connectivity index (χ0v) is 17.1. The summed E-state index contributed by atoms with van der Waals surface area (Å²) in [6.07, 6.45) is 1.48. The van der Waals surface area contributed by atoms with Crippen LogP contribution >= 0.6 is 23.2 Å². The molecule has 0 bridgehead atoms. The van der Waals surface area contributed by atoms with Gasteiger partial charge in [-0.2, -0.15) is 5.10 Å². The van der Waals surface area contributed by atoms with Gasteiger partial charge in [-0.1, -0.05) is 41.4 Å². The first-order valence-electron chi connectivity index (χ1n) is 9.04. The Morgan fingerprint density at radius 3 is 2.70 bits per heavy atom. The molecule has 30 heavy (non-hydrogen) atoms.